The molecule has 2 aromatic heterocycles. The number of carbonyl (C=O) groups is 1. The van der Waals surface area contributed by atoms with E-state index in [0.29, 0.717) is 6.54 Å². The highest BCUT2D eigenvalue weighted by atomic mass is 16.2. The SMILES string of the molecule is Cc1cn[nH]c1CNC(=O)Nc1ccc([C@@H](C)n2ccnc2C)cc1. The van der Waals surface area contributed by atoms with Gasteiger partial charge in [-0.05, 0) is 44.0 Å². The van der Waals surface area contributed by atoms with Crippen molar-refractivity contribution in [2.24, 2.45) is 0 Å². The van der Waals surface area contributed by atoms with Crippen LogP contribution in [0.3, 0.4) is 0 Å². The van der Waals surface area contributed by atoms with Crippen molar-refractivity contribution >= 4 is 11.7 Å². The van der Waals surface area contributed by atoms with Crippen LogP contribution in [0, 0.1) is 13.8 Å². The van der Waals surface area contributed by atoms with Crippen LogP contribution in [-0.4, -0.2) is 25.8 Å². The Hall–Kier alpha value is -3.09. The molecule has 1 aromatic carbocycles. The molecular formula is C18H22N6O. The number of aryl methyl sites for hydroxylation is 2. The zero-order chi connectivity index (χ0) is 17.8. The summed E-state index contributed by atoms with van der Waals surface area (Å²) >= 11 is 0. The highest BCUT2D eigenvalue weighted by Crippen LogP contribution is 2.21. The number of rotatable bonds is 5. The monoisotopic (exact) mass is 338 g/mol. The van der Waals surface area contributed by atoms with Crippen molar-refractivity contribution in [3.05, 3.63) is 65.5 Å². The molecular weight excluding hydrogens is 316 g/mol. The lowest BCUT2D eigenvalue weighted by Crippen LogP contribution is -2.28. The third kappa shape index (κ3) is 3.88. The molecule has 7 heteroatoms. The van der Waals surface area contributed by atoms with Crippen LogP contribution in [0.4, 0.5) is 10.5 Å². The molecule has 0 aliphatic carbocycles. The number of hydrogen-bond acceptors (Lipinski definition) is 3. The molecule has 0 saturated heterocycles. The lowest BCUT2D eigenvalue weighted by Gasteiger charge is -2.16. The van der Waals surface area contributed by atoms with E-state index < -0.39 is 0 Å². The Morgan fingerprint density at radius 1 is 1.28 bits per heavy atom. The quantitative estimate of drug-likeness (QED) is 0.668. The number of hydrogen-bond donors (Lipinski definition) is 3. The first-order chi connectivity index (χ1) is 12.0. The summed E-state index contributed by atoms with van der Waals surface area (Å²) in [6.07, 6.45) is 5.50. The van der Waals surface area contributed by atoms with Crippen molar-refractivity contribution in [2.75, 3.05) is 5.32 Å². The van der Waals surface area contributed by atoms with Gasteiger partial charge < -0.3 is 15.2 Å². The minimum atomic E-state index is -0.250. The first-order valence-electron chi connectivity index (χ1n) is 8.17. The Labute approximate surface area is 146 Å². The van der Waals surface area contributed by atoms with Gasteiger partial charge in [0.05, 0.1) is 24.5 Å². The van der Waals surface area contributed by atoms with Gasteiger partial charge in [-0.2, -0.15) is 5.10 Å². The van der Waals surface area contributed by atoms with Gasteiger partial charge in [0.15, 0.2) is 0 Å². The second kappa shape index (κ2) is 7.21. The van der Waals surface area contributed by atoms with Crippen molar-refractivity contribution in [3.63, 3.8) is 0 Å². The van der Waals surface area contributed by atoms with Crippen LogP contribution in [0.25, 0.3) is 0 Å². The maximum atomic E-state index is 12.0. The molecule has 2 amide bonds. The molecule has 3 rings (SSSR count). The zero-order valence-corrected chi connectivity index (χ0v) is 14.6. The van der Waals surface area contributed by atoms with Crippen LogP contribution < -0.4 is 10.6 Å². The lowest BCUT2D eigenvalue weighted by molar-refractivity contribution is 0.251. The van der Waals surface area contributed by atoms with Gasteiger partial charge in [0.1, 0.15) is 5.82 Å². The third-order valence-electron chi connectivity index (χ3n) is 4.29. The predicted molar refractivity (Wildman–Crippen MR) is 96.4 cm³/mol. The highest BCUT2D eigenvalue weighted by molar-refractivity contribution is 5.89. The number of imidazole rings is 1. The second-order valence-electron chi connectivity index (χ2n) is 6.02. The number of H-pyrrole nitrogens is 1. The largest absolute Gasteiger partial charge is 0.332 e. The van der Waals surface area contributed by atoms with E-state index in [4.69, 9.17) is 0 Å². The summed E-state index contributed by atoms with van der Waals surface area (Å²) in [6.45, 7) is 6.46. The smallest absolute Gasteiger partial charge is 0.319 e. The highest BCUT2D eigenvalue weighted by Gasteiger charge is 2.10. The fourth-order valence-corrected chi connectivity index (χ4v) is 2.70. The second-order valence-corrected chi connectivity index (χ2v) is 6.02. The number of nitrogens with one attached hydrogen (secondary N) is 3. The van der Waals surface area contributed by atoms with E-state index in [9.17, 15) is 4.79 Å². The normalized spacial score (nSPS) is 12.0. The average molecular weight is 338 g/mol. The van der Waals surface area contributed by atoms with Crippen molar-refractivity contribution < 1.29 is 4.79 Å². The Bertz CT molecular complexity index is 849. The predicted octanol–water partition coefficient (Wildman–Crippen LogP) is 3.15. The summed E-state index contributed by atoms with van der Waals surface area (Å²) in [4.78, 5) is 16.3. The number of aromatic nitrogens is 4. The van der Waals surface area contributed by atoms with Crippen molar-refractivity contribution in [1.29, 1.82) is 0 Å². The van der Waals surface area contributed by atoms with E-state index in [2.05, 4.69) is 37.3 Å². The van der Waals surface area contributed by atoms with E-state index in [1.165, 1.54) is 0 Å². The van der Waals surface area contributed by atoms with Gasteiger partial charge in [0.2, 0.25) is 0 Å². The molecule has 3 N–H and O–H groups in total. The third-order valence-corrected chi connectivity index (χ3v) is 4.29. The summed E-state index contributed by atoms with van der Waals surface area (Å²) in [6, 6.07) is 7.77. The van der Waals surface area contributed by atoms with Gasteiger partial charge in [0.25, 0.3) is 0 Å². The fraction of sp³-hybridized carbons (Fsp3) is 0.278. The van der Waals surface area contributed by atoms with E-state index in [1.54, 1.807) is 12.4 Å². The number of nitrogens with zero attached hydrogens (tertiary/aromatic N) is 3. The van der Waals surface area contributed by atoms with Crippen molar-refractivity contribution in [2.45, 2.75) is 33.4 Å². The Balaban J connectivity index is 1.58. The molecule has 25 heavy (non-hydrogen) atoms. The van der Waals surface area contributed by atoms with E-state index in [0.717, 1.165) is 28.3 Å². The fourth-order valence-electron chi connectivity index (χ4n) is 2.70. The van der Waals surface area contributed by atoms with Gasteiger partial charge in [-0.25, -0.2) is 9.78 Å². The maximum Gasteiger partial charge on any atom is 0.319 e. The number of aromatic amines is 1. The number of amides is 2. The van der Waals surface area contributed by atoms with E-state index in [1.807, 2.05) is 44.3 Å². The van der Waals surface area contributed by atoms with E-state index >= 15 is 0 Å². The van der Waals surface area contributed by atoms with Gasteiger partial charge in [-0.15, -0.1) is 0 Å². The summed E-state index contributed by atoms with van der Waals surface area (Å²) in [5, 5.41) is 12.4. The molecule has 0 unspecified atom stereocenters. The minimum absolute atomic E-state index is 0.189. The summed E-state index contributed by atoms with van der Waals surface area (Å²) < 4.78 is 2.11. The van der Waals surface area contributed by atoms with Crippen LogP contribution in [-0.2, 0) is 6.54 Å². The molecule has 2 heterocycles. The van der Waals surface area contributed by atoms with Crippen molar-refractivity contribution in [3.8, 4) is 0 Å². The summed E-state index contributed by atoms with van der Waals surface area (Å²) in [7, 11) is 0. The summed E-state index contributed by atoms with van der Waals surface area (Å²) in [5.41, 5.74) is 3.82. The van der Waals surface area contributed by atoms with Crippen LogP contribution in [0.2, 0.25) is 0 Å². The molecule has 0 spiro atoms. The molecule has 3 aromatic rings. The van der Waals surface area contributed by atoms with Gasteiger partial charge in [0, 0.05) is 18.1 Å². The number of carbonyl (C=O) groups excluding carboxylic acids is 1. The van der Waals surface area contributed by atoms with Crippen LogP contribution in [0.15, 0.2) is 42.9 Å². The number of urea groups is 1. The maximum absolute atomic E-state index is 12.0. The number of anilines is 1. The molecule has 1 atom stereocenters. The average Bonchev–Trinajstić information content (AvgIpc) is 3.21. The molecule has 0 fully saturated rings. The molecule has 0 bridgehead atoms. The van der Waals surface area contributed by atoms with Crippen LogP contribution in [0.1, 0.15) is 35.6 Å². The lowest BCUT2D eigenvalue weighted by atomic mass is 10.1. The van der Waals surface area contributed by atoms with Gasteiger partial charge in [-0.1, -0.05) is 12.1 Å². The first-order valence-corrected chi connectivity index (χ1v) is 8.17. The molecule has 130 valence electrons. The Kier molecular flexibility index (Phi) is 4.83. The van der Waals surface area contributed by atoms with Crippen LogP contribution >= 0.6 is 0 Å². The number of benzene rings is 1. The van der Waals surface area contributed by atoms with Gasteiger partial charge >= 0.3 is 6.03 Å². The molecule has 0 radical (unpaired) electrons. The minimum Gasteiger partial charge on any atom is -0.332 e. The van der Waals surface area contributed by atoms with Crippen molar-refractivity contribution in [1.82, 2.24) is 25.1 Å². The molecule has 0 aliphatic heterocycles. The Morgan fingerprint density at radius 3 is 2.64 bits per heavy atom. The molecule has 0 aliphatic rings. The molecule has 0 saturated carbocycles. The molecule has 7 nitrogen and oxygen atoms in total. The zero-order valence-electron chi connectivity index (χ0n) is 14.6. The van der Waals surface area contributed by atoms with E-state index in [-0.39, 0.29) is 12.1 Å². The topological polar surface area (TPSA) is 87.6 Å². The Morgan fingerprint density at radius 2 is 2.04 bits per heavy atom. The first kappa shape index (κ1) is 16.8. The standard InChI is InChI=1S/C18H22N6O/c1-12-10-21-23-17(12)11-20-18(25)22-16-6-4-15(5-7-16)13(2)24-9-8-19-14(24)3/h4-10,13H,11H2,1-3H3,(H,21,23)(H2,20,22,25)/t13-/m1/s1. The van der Waals surface area contributed by atoms with Crippen LogP contribution in [0.5, 0.6) is 0 Å². The van der Waals surface area contributed by atoms with Gasteiger partial charge in [-0.3, -0.25) is 5.10 Å². The summed E-state index contributed by atoms with van der Waals surface area (Å²) in [5.74, 6) is 0.975.